The van der Waals surface area contributed by atoms with Crippen LogP contribution in [0.4, 0.5) is 0 Å². The summed E-state index contributed by atoms with van der Waals surface area (Å²) in [6, 6.07) is 10.6. The number of guanidine groups is 1. The van der Waals surface area contributed by atoms with E-state index >= 15 is 0 Å². The number of benzene rings is 1. The largest absolute Gasteiger partial charge is 0.356 e. The molecule has 1 aromatic carbocycles. The molecule has 0 aromatic heterocycles. The molecule has 1 aromatic rings. The lowest BCUT2D eigenvalue weighted by Gasteiger charge is -2.26. The maximum Gasteiger partial charge on any atom is 0.191 e. The van der Waals surface area contributed by atoms with Crippen molar-refractivity contribution in [3.8, 4) is 0 Å². The van der Waals surface area contributed by atoms with Crippen molar-refractivity contribution < 1.29 is 0 Å². The number of nitrogens with zero attached hydrogens (tertiary/aromatic N) is 2. The Kier molecular flexibility index (Phi) is 9.46. The molecule has 0 amide bonds. The molecular weight excluding hydrogens is 296 g/mol. The van der Waals surface area contributed by atoms with Crippen LogP contribution >= 0.6 is 0 Å². The van der Waals surface area contributed by atoms with Crippen molar-refractivity contribution in [1.29, 1.82) is 0 Å². The lowest BCUT2D eigenvalue weighted by Crippen LogP contribution is -2.43. The molecule has 0 unspecified atom stereocenters. The number of hydrogen-bond donors (Lipinski definition) is 2. The molecule has 0 bridgehead atoms. The van der Waals surface area contributed by atoms with E-state index in [-0.39, 0.29) is 5.41 Å². The molecule has 0 aliphatic heterocycles. The molecule has 24 heavy (non-hydrogen) atoms. The van der Waals surface area contributed by atoms with Crippen LogP contribution in [0.15, 0.2) is 35.3 Å². The van der Waals surface area contributed by atoms with Gasteiger partial charge >= 0.3 is 0 Å². The zero-order valence-electron chi connectivity index (χ0n) is 16.2. The van der Waals surface area contributed by atoms with Gasteiger partial charge in [0.05, 0.1) is 0 Å². The summed E-state index contributed by atoms with van der Waals surface area (Å²) in [6.45, 7) is 14.2. The average Bonchev–Trinajstić information content (AvgIpc) is 2.61. The molecule has 0 aliphatic rings. The van der Waals surface area contributed by atoms with Crippen molar-refractivity contribution in [2.45, 2.75) is 46.0 Å². The Morgan fingerprint density at radius 3 is 2.29 bits per heavy atom. The van der Waals surface area contributed by atoms with Crippen LogP contribution in [0.25, 0.3) is 0 Å². The quantitative estimate of drug-likeness (QED) is 0.392. The van der Waals surface area contributed by atoms with E-state index in [4.69, 9.17) is 0 Å². The summed E-state index contributed by atoms with van der Waals surface area (Å²) >= 11 is 0. The topological polar surface area (TPSA) is 39.7 Å². The fraction of sp³-hybridized carbons (Fsp3) is 0.650. The second-order valence-corrected chi connectivity index (χ2v) is 6.84. The highest BCUT2D eigenvalue weighted by atomic mass is 15.2. The van der Waals surface area contributed by atoms with Crippen LogP contribution in [0.2, 0.25) is 0 Å². The molecule has 4 heteroatoms. The molecule has 0 saturated carbocycles. The van der Waals surface area contributed by atoms with Gasteiger partial charge in [0.15, 0.2) is 5.96 Å². The number of aliphatic imine (C=N–C) groups is 1. The maximum atomic E-state index is 4.33. The molecule has 0 fully saturated rings. The van der Waals surface area contributed by atoms with Gasteiger partial charge in [0.2, 0.25) is 0 Å². The standard InChI is InChI=1S/C20H36N4/c1-6-24(7-2)16-12-11-15-22-19(21-5)23-17-20(3,4)18-13-9-8-10-14-18/h8-10,13-14H,6-7,11-12,15-17H2,1-5H3,(H2,21,22,23). The fourth-order valence-corrected chi connectivity index (χ4v) is 2.72. The van der Waals surface area contributed by atoms with E-state index in [2.05, 4.69) is 78.6 Å². The Morgan fingerprint density at radius 2 is 1.71 bits per heavy atom. The zero-order chi connectivity index (χ0) is 17.8. The third-order valence-electron chi connectivity index (χ3n) is 4.56. The van der Waals surface area contributed by atoms with Crippen LogP contribution in [-0.2, 0) is 5.41 Å². The summed E-state index contributed by atoms with van der Waals surface area (Å²) in [5.74, 6) is 0.891. The Bertz CT molecular complexity index is 464. The highest BCUT2D eigenvalue weighted by Crippen LogP contribution is 2.21. The minimum absolute atomic E-state index is 0.0711. The predicted octanol–water partition coefficient (Wildman–Crippen LogP) is 3.25. The molecule has 0 saturated heterocycles. The van der Waals surface area contributed by atoms with Gasteiger partial charge in [0.1, 0.15) is 0 Å². The maximum absolute atomic E-state index is 4.33. The number of unbranched alkanes of at least 4 members (excludes halogenated alkanes) is 1. The second kappa shape index (κ2) is 11.1. The molecule has 4 nitrogen and oxygen atoms in total. The van der Waals surface area contributed by atoms with Crippen molar-refractivity contribution in [2.75, 3.05) is 39.8 Å². The lowest BCUT2D eigenvalue weighted by molar-refractivity contribution is 0.297. The van der Waals surface area contributed by atoms with Crippen LogP contribution < -0.4 is 10.6 Å². The first-order valence-corrected chi connectivity index (χ1v) is 9.26. The van der Waals surface area contributed by atoms with E-state index < -0.39 is 0 Å². The van der Waals surface area contributed by atoms with Crippen molar-refractivity contribution in [1.82, 2.24) is 15.5 Å². The van der Waals surface area contributed by atoms with E-state index in [1.165, 1.54) is 24.9 Å². The molecule has 0 spiro atoms. The number of nitrogens with one attached hydrogen (secondary N) is 2. The molecule has 0 heterocycles. The van der Waals surface area contributed by atoms with Gasteiger partial charge in [0, 0.05) is 25.6 Å². The molecule has 136 valence electrons. The van der Waals surface area contributed by atoms with Crippen LogP contribution in [-0.4, -0.2) is 50.6 Å². The first-order valence-electron chi connectivity index (χ1n) is 9.26. The van der Waals surface area contributed by atoms with Crippen LogP contribution in [0, 0.1) is 0 Å². The minimum Gasteiger partial charge on any atom is -0.356 e. The summed E-state index contributed by atoms with van der Waals surface area (Å²) in [6.07, 6.45) is 2.39. The predicted molar refractivity (Wildman–Crippen MR) is 106 cm³/mol. The highest BCUT2D eigenvalue weighted by Gasteiger charge is 2.20. The van der Waals surface area contributed by atoms with Gasteiger partial charge in [-0.05, 0) is 38.0 Å². The van der Waals surface area contributed by atoms with E-state index in [1.54, 1.807) is 0 Å². The SMILES string of the molecule is CCN(CC)CCCCNC(=NC)NCC(C)(C)c1ccccc1. The Labute approximate surface area is 148 Å². The van der Waals surface area contributed by atoms with E-state index in [0.29, 0.717) is 0 Å². The van der Waals surface area contributed by atoms with Gasteiger partial charge in [0.25, 0.3) is 0 Å². The first kappa shape index (κ1) is 20.5. The normalized spacial score (nSPS) is 12.5. The van der Waals surface area contributed by atoms with Gasteiger partial charge in [-0.2, -0.15) is 0 Å². The van der Waals surface area contributed by atoms with Crippen molar-refractivity contribution in [3.05, 3.63) is 35.9 Å². The van der Waals surface area contributed by atoms with Gasteiger partial charge in [-0.3, -0.25) is 4.99 Å². The third kappa shape index (κ3) is 7.35. The monoisotopic (exact) mass is 332 g/mol. The van der Waals surface area contributed by atoms with Gasteiger partial charge < -0.3 is 15.5 Å². The average molecular weight is 333 g/mol. The minimum atomic E-state index is 0.0711. The van der Waals surface area contributed by atoms with Crippen molar-refractivity contribution in [2.24, 2.45) is 4.99 Å². The number of rotatable bonds is 10. The molecule has 1 rings (SSSR count). The zero-order valence-corrected chi connectivity index (χ0v) is 16.2. The van der Waals surface area contributed by atoms with Gasteiger partial charge in [-0.15, -0.1) is 0 Å². The summed E-state index contributed by atoms with van der Waals surface area (Å²) in [5.41, 5.74) is 1.41. The van der Waals surface area contributed by atoms with Crippen molar-refractivity contribution in [3.63, 3.8) is 0 Å². The van der Waals surface area contributed by atoms with Gasteiger partial charge in [-0.25, -0.2) is 0 Å². The van der Waals surface area contributed by atoms with E-state index in [9.17, 15) is 0 Å². The molecule has 0 atom stereocenters. The number of hydrogen-bond acceptors (Lipinski definition) is 2. The molecule has 0 radical (unpaired) electrons. The first-order chi connectivity index (χ1) is 11.5. The van der Waals surface area contributed by atoms with E-state index in [0.717, 1.165) is 32.1 Å². The van der Waals surface area contributed by atoms with E-state index in [1.807, 2.05) is 7.05 Å². The summed E-state index contributed by atoms with van der Waals surface area (Å²) < 4.78 is 0. The summed E-state index contributed by atoms with van der Waals surface area (Å²) in [5, 5.41) is 6.88. The molecular formula is C20H36N4. The summed E-state index contributed by atoms with van der Waals surface area (Å²) in [4.78, 5) is 6.80. The van der Waals surface area contributed by atoms with Crippen LogP contribution in [0.5, 0.6) is 0 Å². The Morgan fingerprint density at radius 1 is 1.04 bits per heavy atom. The Hall–Kier alpha value is -1.55. The Balaban J connectivity index is 2.30. The lowest BCUT2D eigenvalue weighted by atomic mass is 9.85. The fourth-order valence-electron chi connectivity index (χ4n) is 2.72. The highest BCUT2D eigenvalue weighted by molar-refractivity contribution is 5.79. The molecule has 0 aliphatic carbocycles. The van der Waals surface area contributed by atoms with Crippen LogP contribution in [0.1, 0.15) is 46.1 Å². The van der Waals surface area contributed by atoms with Crippen LogP contribution in [0.3, 0.4) is 0 Å². The van der Waals surface area contributed by atoms with Crippen molar-refractivity contribution >= 4 is 5.96 Å². The van der Waals surface area contributed by atoms with Gasteiger partial charge in [-0.1, -0.05) is 58.0 Å². The third-order valence-corrected chi connectivity index (χ3v) is 4.56. The summed E-state index contributed by atoms with van der Waals surface area (Å²) in [7, 11) is 1.83. The molecule has 2 N–H and O–H groups in total. The second-order valence-electron chi connectivity index (χ2n) is 6.84. The smallest absolute Gasteiger partial charge is 0.191 e.